The van der Waals surface area contributed by atoms with E-state index < -0.39 is 10.0 Å². The van der Waals surface area contributed by atoms with E-state index in [4.69, 9.17) is 0 Å². The first kappa shape index (κ1) is 19.9. The molecule has 0 atom stereocenters. The van der Waals surface area contributed by atoms with Gasteiger partial charge in [-0.05, 0) is 30.3 Å². The van der Waals surface area contributed by atoms with Crippen LogP contribution in [0, 0.1) is 11.3 Å². The summed E-state index contributed by atoms with van der Waals surface area (Å²) in [5, 5.41) is 14.1. The Kier molecular flexibility index (Phi) is 6.04. The van der Waals surface area contributed by atoms with Crippen molar-refractivity contribution in [1.29, 1.82) is 5.26 Å². The summed E-state index contributed by atoms with van der Waals surface area (Å²) in [6.45, 7) is 4.38. The highest BCUT2D eigenvalue weighted by molar-refractivity contribution is 7.89. The van der Waals surface area contributed by atoms with Crippen molar-refractivity contribution in [1.82, 2.24) is 9.29 Å². The minimum Gasteiger partial charge on any atom is -0.277 e. The van der Waals surface area contributed by atoms with Crippen LogP contribution in [0.25, 0.3) is 10.2 Å². The number of fused-ring (bicyclic) bond motifs is 1. The summed E-state index contributed by atoms with van der Waals surface area (Å²) in [5.74, 6) is 0. The minimum atomic E-state index is -3.57. The zero-order valence-corrected chi connectivity index (χ0v) is 17.1. The first-order valence-electron chi connectivity index (χ1n) is 8.69. The molecule has 0 aliphatic heterocycles. The van der Waals surface area contributed by atoms with Crippen LogP contribution in [0.1, 0.15) is 18.9 Å². The van der Waals surface area contributed by atoms with E-state index in [0.717, 1.165) is 10.2 Å². The number of rotatable bonds is 7. The standard InChI is InChI=1S/C19H19N5O2S2/c1-3-24(4-2)28(25,26)15-9-7-8-14(12-15)22-23-17(13-20)19-21-16-10-5-6-11-18(16)27-19/h5-12,22H,3-4H2,1-2H3/b23-17-. The van der Waals surface area contributed by atoms with Crippen molar-refractivity contribution in [2.75, 3.05) is 18.5 Å². The predicted octanol–water partition coefficient (Wildman–Crippen LogP) is 3.67. The second kappa shape index (κ2) is 8.48. The maximum Gasteiger partial charge on any atom is 0.243 e. The van der Waals surface area contributed by atoms with Gasteiger partial charge in [0.05, 0.1) is 20.8 Å². The molecule has 0 radical (unpaired) electrons. The number of hydrazone groups is 1. The molecular weight excluding hydrogens is 394 g/mol. The van der Waals surface area contributed by atoms with Crippen molar-refractivity contribution >= 4 is 43.0 Å². The van der Waals surface area contributed by atoms with Crippen molar-refractivity contribution in [3.8, 4) is 6.07 Å². The van der Waals surface area contributed by atoms with Gasteiger partial charge in [-0.15, -0.1) is 11.3 Å². The Morgan fingerprint density at radius 2 is 1.96 bits per heavy atom. The molecule has 9 heteroatoms. The number of hydrogen-bond acceptors (Lipinski definition) is 7. The van der Waals surface area contributed by atoms with Crippen LogP contribution in [0.15, 0.2) is 58.5 Å². The number of nitriles is 1. The van der Waals surface area contributed by atoms with Gasteiger partial charge in [-0.1, -0.05) is 32.0 Å². The fraction of sp³-hybridized carbons (Fsp3) is 0.211. The zero-order chi connectivity index (χ0) is 20.1. The third kappa shape index (κ3) is 4.04. The van der Waals surface area contributed by atoms with Gasteiger partial charge >= 0.3 is 0 Å². The van der Waals surface area contributed by atoms with Crippen molar-refractivity contribution in [3.63, 3.8) is 0 Å². The fourth-order valence-corrected chi connectivity index (χ4v) is 5.06. The molecule has 3 aromatic rings. The van der Waals surface area contributed by atoms with E-state index >= 15 is 0 Å². The first-order chi connectivity index (χ1) is 13.5. The quantitative estimate of drug-likeness (QED) is 0.471. The fourth-order valence-electron chi connectivity index (χ4n) is 2.65. The molecule has 2 aromatic carbocycles. The number of anilines is 1. The summed E-state index contributed by atoms with van der Waals surface area (Å²) in [5.41, 5.74) is 4.19. The largest absolute Gasteiger partial charge is 0.277 e. The smallest absolute Gasteiger partial charge is 0.243 e. The average molecular weight is 414 g/mol. The Labute approximate surface area is 168 Å². The van der Waals surface area contributed by atoms with Gasteiger partial charge in [0, 0.05) is 13.1 Å². The topological polar surface area (TPSA) is 98.5 Å². The van der Waals surface area contributed by atoms with Gasteiger partial charge < -0.3 is 0 Å². The average Bonchev–Trinajstić information content (AvgIpc) is 3.13. The van der Waals surface area contributed by atoms with Crippen LogP contribution in [0.3, 0.4) is 0 Å². The molecule has 0 aliphatic rings. The number of sulfonamides is 1. The maximum atomic E-state index is 12.7. The number of nitrogens with one attached hydrogen (secondary N) is 1. The Morgan fingerprint density at radius 3 is 2.64 bits per heavy atom. The van der Waals surface area contributed by atoms with Crippen molar-refractivity contribution < 1.29 is 8.42 Å². The second-order valence-corrected chi connectivity index (χ2v) is 8.76. The Bertz CT molecular complexity index is 1130. The highest BCUT2D eigenvalue weighted by Gasteiger charge is 2.21. The summed E-state index contributed by atoms with van der Waals surface area (Å²) in [6, 6.07) is 16.0. The minimum absolute atomic E-state index is 0.137. The molecule has 144 valence electrons. The summed E-state index contributed by atoms with van der Waals surface area (Å²) in [6.07, 6.45) is 0. The maximum absolute atomic E-state index is 12.7. The van der Waals surface area contributed by atoms with E-state index in [9.17, 15) is 13.7 Å². The number of hydrogen-bond donors (Lipinski definition) is 1. The molecular formula is C19H19N5O2S2. The molecule has 1 N–H and O–H groups in total. The zero-order valence-electron chi connectivity index (χ0n) is 15.5. The van der Waals surface area contributed by atoms with E-state index in [1.165, 1.54) is 21.7 Å². The molecule has 1 aromatic heterocycles. The SMILES string of the molecule is CCN(CC)S(=O)(=O)c1cccc(N/N=C(/C#N)c2nc3ccccc3s2)c1. The molecule has 1 heterocycles. The molecule has 3 rings (SSSR count). The number of nitrogens with zero attached hydrogens (tertiary/aromatic N) is 4. The first-order valence-corrected chi connectivity index (χ1v) is 10.9. The van der Waals surface area contributed by atoms with Gasteiger partial charge in [0.2, 0.25) is 10.0 Å². The lowest BCUT2D eigenvalue weighted by Gasteiger charge is -2.18. The normalized spacial score (nSPS) is 12.3. The molecule has 0 saturated carbocycles. The van der Waals surface area contributed by atoms with Gasteiger partial charge in [-0.2, -0.15) is 14.7 Å². The van der Waals surface area contributed by atoms with Crippen LogP contribution in [0.5, 0.6) is 0 Å². The Balaban J connectivity index is 1.88. The van der Waals surface area contributed by atoms with E-state index in [2.05, 4.69) is 15.5 Å². The van der Waals surface area contributed by atoms with Crippen molar-refractivity contribution in [3.05, 3.63) is 53.5 Å². The van der Waals surface area contributed by atoms with Gasteiger partial charge in [-0.25, -0.2) is 13.4 Å². The number of aromatic nitrogens is 1. The second-order valence-electron chi connectivity index (χ2n) is 5.79. The van der Waals surface area contributed by atoms with Crippen LogP contribution in [-0.2, 0) is 10.0 Å². The van der Waals surface area contributed by atoms with Crippen LogP contribution in [0.2, 0.25) is 0 Å². The highest BCUT2D eigenvalue weighted by atomic mass is 32.2. The lowest BCUT2D eigenvalue weighted by molar-refractivity contribution is 0.445. The third-order valence-electron chi connectivity index (χ3n) is 4.08. The van der Waals surface area contributed by atoms with E-state index in [1.54, 1.807) is 32.0 Å². The molecule has 0 bridgehead atoms. The van der Waals surface area contributed by atoms with Gasteiger partial charge in [0.25, 0.3) is 0 Å². The van der Waals surface area contributed by atoms with Gasteiger partial charge in [-0.3, -0.25) is 5.43 Å². The molecule has 0 amide bonds. The molecule has 0 fully saturated rings. The molecule has 7 nitrogen and oxygen atoms in total. The van der Waals surface area contributed by atoms with Crippen LogP contribution >= 0.6 is 11.3 Å². The lowest BCUT2D eigenvalue weighted by atomic mass is 10.3. The number of para-hydroxylation sites is 1. The van der Waals surface area contributed by atoms with Gasteiger partial charge in [0.1, 0.15) is 6.07 Å². The summed E-state index contributed by atoms with van der Waals surface area (Å²) < 4.78 is 27.7. The molecule has 0 saturated heterocycles. The number of thiazole rings is 1. The van der Waals surface area contributed by atoms with Gasteiger partial charge in [0.15, 0.2) is 10.7 Å². The molecule has 28 heavy (non-hydrogen) atoms. The summed E-state index contributed by atoms with van der Waals surface area (Å²) in [7, 11) is -3.57. The van der Waals surface area contributed by atoms with Crippen LogP contribution in [-0.4, -0.2) is 36.5 Å². The van der Waals surface area contributed by atoms with Crippen LogP contribution < -0.4 is 5.43 Å². The Hall–Kier alpha value is -2.80. The molecule has 0 spiro atoms. The lowest BCUT2D eigenvalue weighted by Crippen LogP contribution is -2.30. The molecule has 0 unspecified atom stereocenters. The number of benzene rings is 2. The van der Waals surface area contributed by atoms with E-state index in [-0.39, 0.29) is 10.6 Å². The summed E-state index contributed by atoms with van der Waals surface area (Å²) >= 11 is 1.38. The third-order valence-corrected chi connectivity index (χ3v) is 7.17. The monoisotopic (exact) mass is 413 g/mol. The molecule has 0 aliphatic carbocycles. The highest BCUT2D eigenvalue weighted by Crippen LogP contribution is 2.23. The van der Waals surface area contributed by atoms with Crippen LogP contribution in [0.4, 0.5) is 5.69 Å². The van der Waals surface area contributed by atoms with Crippen molar-refractivity contribution in [2.24, 2.45) is 5.10 Å². The Morgan fingerprint density at radius 1 is 1.21 bits per heavy atom. The predicted molar refractivity (Wildman–Crippen MR) is 112 cm³/mol. The van der Waals surface area contributed by atoms with E-state index in [1.807, 2.05) is 30.3 Å². The summed E-state index contributed by atoms with van der Waals surface area (Å²) in [4.78, 5) is 4.60. The van der Waals surface area contributed by atoms with Crippen molar-refractivity contribution in [2.45, 2.75) is 18.7 Å². The van der Waals surface area contributed by atoms with E-state index in [0.29, 0.717) is 23.8 Å².